The Morgan fingerprint density at radius 3 is 1.76 bits per heavy atom. The zero-order valence-electron chi connectivity index (χ0n) is 30.1. The molecule has 0 saturated heterocycles. The first-order valence-electron chi connectivity index (χ1n) is 18.6. The highest BCUT2D eigenvalue weighted by atomic mass is 16.5. The second-order valence-corrected chi connectivity index (χ2v) is 13.1. The molecule has 8 nitrogen and oxygen atoms in total. The summed E-state index contributed by atoms with van der Waals surface area (Å²) in [5, 5.41) is 8.59. The van der Waals surface area contributed by atoms with Crippen LogP contribution >= 0.6 is 0 Å². The van der Waals surface area contributed by atoms with Crippen molar-refractivity contribution in [3.05, 3.63) is 95.6 Å². The number of unbranched alkanes of at least 4 members (excludes halogenated alkanes) is 14. The second kappa shape index (κ2) is 23.8. The Morgan fingerprint density at radius 1 is 0.600 bits per heavy atom. The van der Waals surface area contributed by atoms with E-state index in [0.29, 0.717) is 28.9 Å². The Morgan fingerprint density at radius 2 is 1.18 bits per heavy atom. The van der Waals surface area contributed by atoms with Gasteiger partial charge >= 0.3 is 5.97 Å². The van der Waals surface area contributed by atoms with Crippen LogP contribution in [0.15, 0.2) is 78.9 Å². The van der Waals surface area contributed by atoms with Crippen LogP contribution in [0.5, 0.6) is 0 Å². The number of hydrogen-bond donors (Lipinski definition) is 3. The number of amides is 3. The minimum Gasteiger partial charge on any atom is -0.465 e. The summed E-state index contributed by atoms with van der Waals surface area (Å²) in [5.41, 5.74) is 2.58. The molecule has 1 atom stereocenters. The average molecular weight is 684 g/mol. The fourth-order valence-electron chi connectivity index (χ4n) is 5.96. The van der Waals surface area contributed by atoms with Gasteiger partial charge in [0.05, 0.1) is 12.7 Å². The average Bonchev–Trinajstić information content (AvgIpc) is 3.13. The Kier molecular flexibility index (Phi) is 19.0. The molecule has 0 aliphatic heterocycles. The molecule has 0 saturated carbocycles. The van der Waals surface area contributed by atoms with E-state index in [2.05, 4.69) is 22.9 Å². The van der Waals surface area contributed by atoms with Gasteiger partial charge in [-0.05, 0) is 54.4 Å². The maximum atomic E-state index is 13.4. The van der Waals surface area contributed by atoms with Crippen molar-refractivity contribution in [1.82, 2.24) is 5.32 Å². The Bertz CT molecular complexity index is 1440. The Hall–Kier alpha value is -4.46. The monoisotopic (exact) mass is 683 g/mol. The maximum Gasteiger partial charge on any atom is 0.337 e. The van der Waals surface area contributed by atoms with E-state index in [1.165, 1.54) is 90.2 Å². The smallest absolute Gasteiger partial charge is 0.337 e. The van der Waals surface area contributed by atoms with Crippen molar-refractivity contribution in [2.24, 2.45) is 0 Å². The third kappa shape index (κ3) is 15.8. The molecule has 3 aromatic rings. The number of carbonyl (C=O) groups excluding carboxylic acids is 4. The second-order valence-electron chi connectivity index (χ2n) is 13.1. The summed E-state index contributed by atoms with van der Waals surface area (Å²) < 4.78 is 4.78. The molecule has 3 N–H and O–H groups in total. The molecule has 3 rings (SSSR count). The maximum absolute atomic E-state index is 13.4. The normalized spacial score (nSPS) is 11.4. The van der Waals surface area contributed by atoms with E-state index in [-0.39, 0.29) is 12.3 Å². The van der Waals surface area contributed by atoms with E-state index in [0.717, 1.165) is 24.8 Å². The van der Waals surface area contributed by atoms with Crippen molar-refractivity contribution in [3.8, 4) is 0 Å². The van der Waals surface area contributed by atoms with Gasteiger partial charge in [-0.2, -0.15) is 0 Å². The molecule has 0 unspecified atom stereocenters. The fraction of sp³-hybridized carbons (Fsp3) is 0.476. The van der Waals surface area contributed by atoms with Crippen LogP contribution in [0.1, 0.15) is 136 Å². The molecule has 0 heterocycles. The molecule has 0 aliphatic carbocycles. The summed E-state index contributed by atoms with van der Waals surface area (Å²) in [6, 6.07) is 21.6. The van der Waals surface area contributed by atoms with Crippen LogP contribution in [0.25, 0.3) is 0 Å². The largest absolute Gasteiger partial charge is 0.465 e. The van der Waals surface area contributed by atoms with Gasteiger partial charge in [0, 0.05) is 29.8 Å². The Labute approximate surface area is 299 Å². The first kappa shape index (κ1) is 40.0. The van der Waals surface area contributed by atoms with Crippen LogP contribution in [0.4, 0.5) is 11.4 Å². The van der Waals surface area contributed by atoms with Crippen molar-refractivity contribution >= 4 is 35.1 Å². The molecular weight excluding hydrogens is 626 g/mol. The number of nitrogens with one attached hydrogen (secondary N) is 3. The molecule has 0 aromatic heterocycles. The lowest BCUT2D eigenvalue weighted by Crippen LogP contribution is -2.45. The van der Waals surface area contributed by atoms with Crippen LogP contribution in [-0.2, 0) is 20.7 Å². The zero-order chi connectivity index (χ0) is 35.8. The molecule has 3 aromatic carbocycles. The number of esters is 1. The summed E-state index contributed by atoms with van der Waals surface area (Å²) in [5.74, 6) is -1.39. The summed E-state index contributed by atoms with van der Waals surface area (Å²) in [6.45, 7) is 2.26. The molecule has 3 amide bonds. The number of hydrogen-bond acceptors (Lipinski definition) is 5. The lowest BCUT2D eigenvalue weighted by atomic mass is 10.0. The number of methoxy groups -OCH3 is 1. The van der Waals surface area contributed by atoms with Crippen molar-refractivity contribution in [3.63, 3.8) is 0 Å². The predicted molar refractivity (Wildman–Crippen MR) is 202 cm³/mol. The molecule has 8 heteroatoms. The summed E-state index contributed by atoms with van der Waals surface area (Å²) in [6.07, 6.45) is 20.0. The highest BCUT2D eigenvalue weighted by molar-refractivity contribution is 6.02. The first-order chi connectivity index (χ1) is 24.4. The molecule has 270 valence electrons. The lowest BCUT2D eigenvalue weighted by molar-refractivity contribution is -0.118. The topological polar surface area (TPSA) is 114 Å². The minimum absolute atomic E-state index is 0.0345. The van der Waals surface area contributed by atoms with Gasteiger partial charge in [0.25, 0.3) is 5.91 Å². The van der Waals surface area contributed by atoms with Crippen molar-refractivity contribution in [1.29, 1.82) is 0 Å². The van der Waals surface area contributed by atoms with E-state index in [4.69, 9.17) is 4.74 Å². The van der Waals surface area contributed by atoms with Gasteiger partial charge in [-0.3, -0.25) is 14.4 Å². The molecule has 0 fully saturated rings. The standard InChI is InChI=1S/C42H57N3O5/c1-3-4-5-6-7-8-9-10-11-12-13-14-15-16-20-26-39(46)43-36-29-27-34(28-30-36)40(47)45-38(31-33-22-18-17-19-23-33)41(48)44-37-25-21-24-35(32-37)42(49)50-2/h17-19,21-25,27-30,32,38H,3-16,20,26,31H2,1-2H3,(H,43,46)(H,44,48)(H,45,47)/t38-/m0/s1. The summed E-state index contributed by atoms with van der Waals surface area (Å²) in [4.78, 5) is 51.1. The quantitative estimate of drug-likeness (QED) is 0.0643. The number of ether oxygens (including phenoxy) is 1. The third-order valence-corrected chi connectivity index (χ3v) is 8.89. The number of anilines is 2. The molecule has 0 bridgehead atoms. The van der Waals surface area contributed by atoms with Gasteiger partial charge in [-0.15, -0.1) is 0 Å². The summed E-state index contributed by atoms with van der Waals surface area (Å²) in [7, 11) is 1.29. The van der Waals surface area contributed by atoms with Crippen LogP contribution in [0.3, 0.4) is 0 Å². The highest BCUT2D eigenvalue weighted by Crippen LogP contribution is 2.17. The van der Waals surface area contributed by atoms with Crippen molar-refractivity contribution in [2.45, 2.75) is 122 Å². The van der Waals surface area contributed by atoms with Gasteiger partial charge in [0.2, 0.25) is 11.8 Å². The molecular formula is C42H57N3O5. The van der Waals surface area contributed by atoms with Gasteiger partial charge in [-0.1, -0.05) is 133 Å². The Balaban J connectivity index is 1.38. The first-order valence-corrected chi connectivity index (χ1v) is 18.6. The third-order valence-electron chi connectivity index (χ3n) is 8.89. The molecule has 0 radical (unpaired) electrons. The van der Waals surface area contributed by atoms with Crippen LogP contribution in [-0.4, -0.2) is 36.8 Å². The zero-order valence-corrected chi connectivity index (χ0v) is 30.1. The fourth-order valence-corrected chi connectivity index (χ4v) is 5.96. The SMILES string of the molecule is CCCCCCCCCCCCCCCCCC(=O)Nc1ccc(C(=O)N[C@@H](Cc2ccccc2)C(=O)Nc2cccc(C(=O)OC)c2)cc1. The molecule has 0 aliphatic rings. The van der Waals surface area contributed by atoms with Gasteiger partial charge in [0.15, 0.2) is 0 Å². The van der Waals surface area contributed by atoms with Crippen LogP contribution < -0.4 is 16.0 Å². The number of carbonyl (C=O) groups is 4. The summed E-state index contributed by atoms with van der Waals surface area (Å²) >= 11 is 0. The number of benzene rings is 3. The van der Waals surface area contributed by atoms with Crippen molar-refractivity contribution in [2.75, 3.05) is 17.7 Å². The van der Waals surface area contributed by atoms with Gasteiger partial charge in [0.1, 0.15) is 6.04 Å². The van der Waals surface area contributed by atoms with E-state index in [1.54, 1.807) is 42.5 Å². The van der Waals surface area contributed by atoms with Crippen LogP contribution in [0.2, 0.25) is 0 Å². The van der Waals surface area contributed by atoms with E-state index >= 15 is 0 Å². The number of rotatable bonds is 24. The van der Waals surface area contributed by atoms with E-state index in [9.17, 15) is 19.2 Å². The highest BCUT2D eigenvalue weighted by Gasteiger charge is 2.23. The minimum atomic E-state index is -0.888. The van der Waals surface area contributed by atoms with E-state index in [1.807, 2.05) is 30.3 Å². The molecule has 0 spiro atoms. The lowest BCUT2D eigenvalue weighted by Gasteiger charge is -2.19. The van der Waals surface area contributed by atoms with Crippen molar-refractivity contribution < 1.29 is 23.9 Å². The predicted octanol–water partition coefficient (Wildman–Crippen LogP) is 9.65. The molecule has 50 heavy (non-hydrogen) atoms. The van der Waals surface area contributed by atoms with E-state index < -0.39 is 23.8 Å². The van der Waals surface area contributed by atoms with Gasteiger partial charge < -0.3 is 20.7 Å². The van der Waals surface area contributed by atoms with Crippen LogP contribution in [0, 0.1) is 0 Å². The van der Waals surface area contributed by atoms with Gasteiger partial charge in [-0.25, -0.2) is 4.79 Å².